The summed E-state index contributed by atoms with van der Waals surface area (Å²) in [6.07, 6.45) is 0. The molecule has 0 aliphatic heterocycles. The van der Waals surface area contributed by atoms with E-state index in [1.807, 2.05) is 140 Å². The van der Waals surface area contributed by atoms with Crippen LogP contribution in [0.15, 0.2) is 198 Å². The Morgan fingerprint density at radius 2 is 1.02 bits per heavy atom. The van der Waals surface area contributed by atoms with Crippen LogP contribution in [0.5, 0.6) is 0 Å². The highest BCUT2D eigenvalue weighted by atomic mass is 16.3. The molecular weight excluding hydrogens is 685 g/mol. The van der Waals surface area contributed by atoms with Crippen LogP contribution in [0.2, 0.25) is 0 Å². The maximum absolute atomic E-state index is 9.33. The maximum atomic E-state index is 9.33. The number of hydrogen-bond donors (Lipinski definition) is 0. The molecule has 0 N–H and O–H groups in total. The van der Waals surface area contributed by atoms with E-state index in [0.717, 1.165) is 38.6 Å². The van der Waals surface area contributed by atoms with E-state index in [9.17, 15) is 5.48 Å². The van der Waals surface area contributed by atoms with Crippen LogP contribution in [0.4, 0.5) is 0 Å². The standard InChI is InChI=1S/C51H32N4O/c1-3-13-33(14-4-1)36-17-11-18-37(31-36)40-21-12-23-45-48(40)43-20-7-9-22-44(43)55(45)39-28-25-35(26-29-39)50-52-49(34-15-5-2-6-16-34)53-51(54-50)38-27-30-42-41-19-8-10-24-46(41)56-47(42)32-38/h1-32H/i7D,9D,12D,20D,21D,22D,23D. The molecule has 0 atom stereocenters. The summed E-state index contributed by atoms with van der Waals surface area (Å²) in [4.78, 5) is 14.8. The van der Waals surface area contributed by atoms with E-state index in [4.69, 9.17) is 23.5 Å². The molecule has 0 fully saturated rings. The third kappa shape index (κ3) is 5.37. The van der Waals surface area contributed by atoms with E-state index in [2.05, 4.69) is 0 Å². The van der Waals surface area contributed by atoms with Gasteiger partial charge >= 0.3 is 0 Å². The Morgan fingerprint density at radius 3 is 1.82 bits per heavy atom. The van der Waals surface area contributed by atoms with Crippen LogP contribution in [0.3, 0.4) is 0 Å². The first-order chi connectivity index (χ1) is 30.7. The van der Waals surface area contributed by atoms with E-state index in [1.165, 1.54) is 0 Å². The summed E-state index contributed by atoms with van der Waals surface area (Å²) in [5.41, 5.74) is 7.20. The van der Waals surface area contributed by atoms with Gasteiger partial charge in [0.2, 0.25) is 0 Å². The molecule has 11 aromatic rings. The summed E-state index contributed by atoms with van der Waals surface area (Å²) in [6.45, 7) is 0. The van der Waals surface area contributed by atoms with Gasteiger partial charge in [0.25, 0.3) is 0 Å². The number of para-hydroxylation sites is 2. The average Bonchev–Trinajstić information content (AvgIpc) is 3.89. The van der Waals surface area contributed by atoms with Crippen LogP contribution in [0.1, 0.15) is 9.60 Å². The molecular formula is C51H32N4O. The predicted octanol–water partition coefficient (Wildman–Crippen LogP) is 13.2. The van der Waals surface area contributed by atoms with Gasteiger partial charge in [0.1, 0.15) is 11.2 Å². The Balaban J connectivity index is 1.11. The molecule has 0 bridgehead atoms. The lowest BCUT2D eigenvalue weighted by Crippen LogP contribution is -2.00. The average molecular weight is 724 g/mol. The van der Waals surface area contributed by atoms with Crippen LogP contribution in [-0.4, -0.2) is 19.5 Å². The lowest BCUT2D eigenvalue weighted by molar-refractivity contribution is 0.669. The number of nitrogens with zero attached hydrogens (tertiary/aromatic N) is 4. The second-order valence-corrected chi connectivity index (χ2v) is 13.5. The molecule has 0 radical (unpaired) electrons. The zero-order valence-electron chi connectivity index (χ0n) is 36.6. The first-order valence-corrected chi connectivity index (χ1v) is 18.2. The molecule has 0 amide bonds. The Labute approximate surface area is 332 Å². The number of aromatic nitrogens is 4. The molecule has 3 heterocycles. The van der Waals surface area contributed by atoms with Gasteiger partial charge in [-0.1, -0.05) is 133 Å². The van der Waals surface area contributed by atoms with Gasteiger partial charge in [-0.15, -0.1) is 0 Å². The fourth-order valence-corrected chi connectivity index (χ4v) is 7.51. The Hall–Kier alpha value is -7.63. The van der Waals surface area contributed by atoms with Crippen molar-refractivity contribution in [3.8, 4) is 62.1 Å². The first kappa shape index (κ1) is 25.4. The first-order valence-electron chi connectivity index (χ1n) is 21.7. The zero-order chi connectivity index (χ0) is 43.1. The van der Waals surface area contributed by atoms with E-state index >= 15 is 0 Å². The highest BCUT2D eigenvalue weighted by Crippen LogP contribution is 2.40. The van der Waals surface area contributed by atoms with Crippen LogP contribution in [0.25, 0.3) is 106 Å². The molecule has 5 nitrogen and oxygen atoms in total. The van der Waals surface area contributed by atoms with Crippen LogP contribution < -0.4 is 0 Å². The fourth-order valence-electron chi connectivity index (χ4n) is 7.51. The molecule has 56 heavy (non-hydrogen) atoms. The van der Waals surface area contributed by atoms with Crippen LogP contribution >= 0.6 is 0 Å². The number of fused-ring (bicyclic) bond motifs is 6. The molecule has 5 heteroatoms. The third-order valence-corrected chi connectivity index (χ3v) is 10.2. The van der Waals surface area contributed by atoms with Crippen molar-refractivity contribution in [1.82, 2.24) is 19.5 Å². The Bertz CT molecular complexity index is 3650. The fraction of sp³-hybridized carbons (Fsp3) is 0. The van der Waals surface area contributed by atoms with Crippen molar-refractivity contribution in [3.63, 3.8) is 0 Å². The monoisotopic (exact) mass is 723 g/mol. The van der Waals surface area contributed by atoms with Gasteiger partial charge in [0, 0.05) is 43.9 Å². The van der Waals surface area contributed by atoms with Crippen molar-refractivity contribution in [2.24, 2.45) is 0 Å². The molecule has 0 spiro atoms. The van der Waals surface area contributed by atoms with Crippen molar-refractivity contribution in [3.05, 3.63) is 194 Å². The topological polar surface area (TPSA) is 56.7 Å². The van der Waals surface area contributed by atoms with Crippen molar-refractivity contribution in [2.45, 2.75) is 0 Å². The molecule has 262 valence electrons. The highest BCUT2D eigenvalue weighted by molar-refractivity contribution is 6.16. The number of furan rings is 1. The minimum atomic E-state index is -0.434. The predicted molar refractivity (Wildman–Crippen MR) is 229 cm³/mol. The third-order valence-electron chi connectivity index (χ3n) is 10.2. The minimum absolute atomic E-state index is 0.137. The second-order valence-electron chi connectivity index (χ2n) is 13.5. The molecule has 0 unspecified atom stereocenters. The largest absolute Gasteiger partial charge is 0.456 e. The maximum Gasteiger partial charge on any atom is 0.164 e. The zero-order valence-corrected chi connectivity index (χ0v) is 29.6. The summed E-state index contributed by atoms with van der Waals surface area (Å²) in [5.74, 6) is 1.31. The van der Waals surface area contributed by atoms with E-state index in [0.29, 0.717) is 50.8 Å². The summed E-state index contributed by atoms with van der Waals surface area (Å²) < 4.78 is 71.3. The molecule has 0 saturated carbocycles. The summed E-state index contributed by atoms with van der Waals surface area (Å²) in [5, 5.41) is 2.47. The minimum Gasteiger partial charge on any atom is -0.456 e. The molecule has 11 rings (SSSR count). The van der Waals surface area contributed by atoms with Crippen molar-refractivity contribution in [2.75, 3.05) is 0 Å². The van der Waals surface area contributed by atoms with Gasteiger partial charge in [0.15, 0.2) is 17.5 Å². The molecule has 0 aliphatic carbocycles. The molecule has 8 aromatic carbocycles. The van der Waals surface area contributed by atoms with Gasteiger partial charge in [-0.25, -0.2) is 15.0 Å². The lowest BCUT2D eigenvalue weighted by Gasteiger charge is -2.11. The number of hydrogen-bond acceptors (Lipinski definition) is 4. The quantitative estimate of drug-likeness (QED) is 0.171. The lowest BCUT2D eigenvalue weighted by atomic mass is 9.96. The molecule has 0 saturated heterocycles. The second kappa shape index (κ2) is 13.0. The van der Waals surface area contributed by atoms with Gasteiger partial charge in [-0.3, -0.25) is 0 Å². The summed E-state index contributed by atoms with van der Waals surface area (Å²) in [7, 11) is 0. The highest BCUT2D eigenvalue weighted by Gasteiger charge is 2.18. The van der Waals surface area contributed by atoms with E-state index < -0.39 is 12.1 Å². The van der Waals surface area contributed by atoms with Crippen molar-refractivity contribution in [1.29, 1.82) is 0 Å². The summed E-state index contributed by atoms with van der Waals surface area (Å²) >= 11 is 0. The van der Waals surface area contributed by atoms with Gasteiger partial charge in [-0.2, -0.15) is 0 Å². The number of benzene rings is 8. The van der Waals surface area contributed by atoms with E-state index in [1.54, 1.807) is 16.7 Å². The normalized spacial score (nSPS) is 13.3. The Kier molecular flexibility index (Phi) is 5.92. The van der Waals surface area contributed by atoms with E-state index in [-0.39, 0.29) is 46.6 Å². The molecule has 3 aromatic heterocycles. The van der Waals surface area contributed by atoms with Crippen molar-refractivity contribution >= 4 is 43.7 Å². The summed E-state index contributed by atoms with van der Waals surface area (Å²) in [6, 6.07) is 45.7. The SMILES string of the molecule is [2H]c1c([2H])c([2H])c2c(c1[2H])c1c(-c3cccc(-c4ccccc4)c3)c([2H])c([2H])c([2H])c1n2-c1ccc(-c2nc(-c3ccccc3)nc(-c3ccc4c(c3)oc3ccccc34)n2)cc1. The van der Waals surface area contributed by atoms with Gasteiger partial charge in [-0.05, 0) is 82.9 Å². The number of rotatable bonds is 6. The smallest absolute Gasteiger partial charge is 0.164 e. The molecule has 0 aliphatic rings. The van der Waals surface area contributed by atoms with Crippen molar-refractivity contribution < 1.29 is 14.0 Å². The van der Waals surface area contributed by atoms with Crippen LogP contribution in [0, 0.1) is 0 Å². The van der Waals surface area contributed by atoms with Crippen LogP contribution in [-0.2, 0) is 0 Å². The van der Waals surface area contributed by atoms with Gasteiger partial charge in [0.05, 0.1) is 20.6 Å². The Morgan fingerprint density at radius 1 is 0.411 bits per heavy atom. The van der Waals surface area contributed by atoms with Gasteiger partial charge < -0.3 is 8.98 Å².